The highest BCUT2D eigenvalue weighted by molar-refractivity contribution is 7.47. The highest BCUT2D eigenvalue weighted by Crippen LogP contribution is 2.47. The van der Waals surface area contributed by atoms with Crippen LogP contribution in [0.1, 0.15) is 174 Å². The second-order valence-corrected chi connectivity index (χ2v) is 17.3. The van der Waals surface area contributed by atoms with Crippen molar-refractivity contribution >= 4 is 19.8 Å². The molecule has 60 heavy (non-hydrogen) atoms. The number of hydrogen-bond donors (Lipinski definition) is 6. The summed E-state index contributed by atoms with van der Waals surface area (Å²) in [5.74, 6) is -1.19. The second kappa shape index (κ2) is 36.3. The van der Waals surface area contributed by atoms with E-state index in [0.717, 1.165) is 38.5 Å². The molecule has 0 spiro atoms. The van der Waals surface area contributed by atoms with E-state index in [-0.39, 0.29) is 12.8 Å². The maximum Gasteiger partial charge on any atom is 0.472 e. The fourth-order valence-electron chi connectivity index (χ4n) is 6.70. The van der Waals surface area contributed by atoms with Crippen molar-refractivity contribution in [2.45, 2.75) is 217 Å². The van der Waals surface area contributed by atoms with Crippen LogP contribution >= 0.6 is 7.82 Å². The van der Waals surface area contributed by atoms with Gasteiger partial charge in [0.2, 0.25) is 0 Å². The van der Waals surface area contributed by atoms with Gasteiger partial charge < -0.3 is 39.9 Å². The van der Waals surface area contributed by atoms with E-state index in [4.69, 9.17) is 18.5 Å². The zero-order valence-electron chi connectivity index (χ0n) is 36.7. The Labute approximate surface area is 360 Å². The average molecular weight is 873 g/mol. The predicted octanol–water partition coefficient (Wildman–Crippen LogP) is 8.78. The molecule has 0 amide bonds. The summed E-state index contributed by atoms with van der Waals surface area (Å²) in [4.78, 5) is 35.6. The molecule has 0 aliphatic heterocycles. The van der Waals surface area contributed by atoms with Gasteiger partial charge in [0.1, 0.15) is 43.2 Å². The van der Waals surface area contributed by atoms with Gasteiger partial charge in [-0.3, -0.25) is 18.6 Å². The largest absolute Gasteiger partial charge is 0.472 e. The standard InChI is InChI=1S/C46H81O13P/c1-3-5-7-9-11-13-15-17-19-20-21-23-25-27-29-31-33-35-40(48)58-38(37-57-60(54,55)59-46-44(52)42(50)41(49)43(51)45(46)53)36-56-39(47)34-32-30-28-26-24-22-18-16-14-12-10-8-6-4-2/h13,15,19-20,23,25,29,31,38,41-46,49-53H,3-12,14,16-18,21-22,24,26-28,30,32-37H2,1-2H3,(H,54,55)/b15-13-,20-19-,25-23-,31-29-/t38?,41?,42-,43+,44-,45-,46?/m0/s1. The summed E-state index contributed by atoms with van der Waals surface area (Å²) in [6.45, 7) is 3.22. The van der Waals surface area contributed by atoms with Crippen LogP contribution in [-0.4, -0.2) is 98.3 Å². The first-order valence-electron chi connectivity index (χ1n) is 22.9. The summed E-state index contributed by atoms with van der Waals surface area (Å²) in [5, 5.41) is 50.1. The lowest BCUT2D eigenvalue weighted by atomic mass is 9.85. The minimum atomic E-state index is -5.13. The van der Waals surface area contributed by atoms with Gasteiger partial charge in [0.25, 0.3) is 0 Å². The van der Waals surface area contributed by atoms with Gasteiger partial charge in [-0.15, -0.1) is 0 Å². The number of ether oxygens (including phenoxy) is 2. The van der Waals surface area contributed by atoms with Crippen LogP contribution in [0.5, 0.6) is 0 Å². The van der Waals surface area contributed by atoms with Crippen molar-refractivity contribution in [1.82, 2.24) is 0 Å². The normalized spacial score (nSPS) is 22.6. The monoisotopic (exact) mass is 873 g/mol. The number of hydrogen-bond acceptors (Lipinski definition) is 12. The van der Waals surface area contributed by atoms with E-state index >= 15 is 0 Å². The number of aliphatic hydroxyl groups is 5. The third kappa shape index (κ3) is 28.4. The van der Waals surface area contributed by atoms with Crippen molar-refractivity contribution in [1.29, 1.82) is 0 Å². The van der Waals surface area contributed by atoms with E-state index in [1.54, 1.807) is 0 Å². The van der Waals surface area contributed by atoms with E-state index in [0.29, 0.717) is 19.3 Å². The topological polar surface area (TPSA) is 210 Å². The summed E-state index contributed by atoms with van der Waals surface area (Å²) in [6, 6.07) is 0. The lowest BCUT2D eigenvalue weighted by Gasteiger charge is -2.41. The molecular weight excluding hydrogens is 791 g/mol. The molecular formula is C46H81O13P. The Morgan fingerprint density at radius 3 is 1.43 bits per heavy atom. The predicted molar refractivity (Wildman–Crippen MR) is 235 cm³/mol. The Hall–Kier alpha value is -2.19. The molecule has 348 valence electrons. The van der Waals surface area contributed by atoms with Crippen LogP contribution < -0.4 is 0 Å². The van der Waals surface area contributed by atoms with Crippen molar-refractivity contribution < 1.29 is 63.1 Å². The second-order valence-electron chi connectivity index (χ2n) is 15.9. The minimum absolute atomic E-state index is 0.0234. The molecule has 1 fully saturated rings. The van der Waals surface area contributed by atoms with Crippen LogP contribution in [0.3, 0.4) is 0 Å². The summed E-state index contributed by atoms with van der Waals surface area (Å²) in [6.07, 6.45) is 28.9. The Bertz CT molecular complexity index is 1240. The lowest BCUT2D eigenvalue weighted by Crippen LogP contribution is -2.64. The number of unbranched alkanes of at least 4 members (excludes halogenated alkanes) is 17. The number of phosphoric acid groups is 1. The van der Waals surface area contributed by atoms with Crippen LogP contribution in [0.25, 0.3) is 0 Å². The van der Waals surface area contributed by atoms with Crippen molar-refractivity contribution in [2.75, 3.05) is 13.2 Å². The van der Waals surface area contributed by atoms with Crippen LogP contribution in [-0.2, 0) is 32.7 Å². The number of carbonyl (C=O) groups excluding carboxylic acids is 2. The quantitative estimate of drug-likeness (QED) is 0.0149. The van der Waals surface area contributed by atoms with Crippen LogP contribution in [0.2, 0.25) is 0 Å². The molecule has 0 bridgehead atoms. The molecule has 6 N–H and O–H groups in total. The number of rotatable bonds is 37. The maximum atomic E-state index is 12.8. The Balaban J connectivity index is 2.52. The summed E-state index contributed by atoms with van der Waals surface area (Å²) in [5.41, 5.74) is 0. The minimum Gasteiger partial charge on any atom is -0.462 e. The first-order valence-corrected chi connectivity index (χ1v) is 24.4. The van der Waals surface area contributed by atoms with Gasteiger partial charge in [-0.2, -0.15) is 0 Å². The van der Waals surface area contributed by atoms with E-state index in [2.05, 4.69) is 44.2 Å². The number of aliphatic hydroxyl groups excluding tert-OH is 5. The number of allylic oxidation sites excluding steroid dienone is 8. The number of esters is 2. The van der Waals surface area contributed by atoms with E-state index in [1.165, 1.54) is 89.9 Å². The van der Waals surface area contributed by atoms with Gasteiger partial charge in [0, 0.05) is 12.8 Å². The third-order valence-corrected chi connectivity index (χ3v) is 11.4. The molecule has 0 saturated heterocycles. The molecule has 8 atom stereocenters. The van der Waals surface area contributed by atoms with E-state index < -0.39 is 75.7 Å². The van der Waals surface area contributed by atoms with Gasteiger partial charge in [0.05, 0.1) is 6.61 Å². The van der Waals surface area contributed by atoms with Gasteiger partial charge in [-0.05, 0) is 44.9 Å². The molecule has 1 aliphatic carbocycles. The first kappa shape index (κ1) is 55.8. The zero-order valence-corrected chi connectivity index (χ0v) is 37.6. The van der Waals surface area contributed by atoms with E-state index in [1.807, 2.05) is 18.2 Å². The zero-order chi connectivity index (χ0) is 44.3. The van der Waals surface area contributed by atoms with Crippen LogP contribution in [0.4, 0.5) is 0 Å². The van der Waals surface area contributed by atoms with Gasteiger partial charge in [0.15, 0.2) is 6.10 Å². The van der Waals surface area contributed by atoms with Crippen molar-refractivity contribution in [3.63, 3.8) is 0 Å². The summed E-state index contributed by atoms with van der Waals surface area (Å²) in [7, 11) is -5.13. The molecule has 1 aliphatic rings. The highest BCUT2D eigenvalue weighted by atomic mass is 31.2. The highest BCUT2D eigenvalue weighted by Gasteiger charge is 2.51. The fourth-order valence-corrected chi connectivity index (χ4v) is 7.68. The smallest absolute Gasteiger partial charge is 0.462 e. The number of carbonyl (C=O) groups is 2. The SMILES string of the molecule is CCCCCC/C=C\C/C=C\C/C=C\C/C=C\CCC(=O)OC(COC(=O)CCCCCCCCCCCCCCCC)COP(=O)(O)OC1[C@@H](O)[C@H](O)C(O)[C@H](O)[C@@H]1O. The average Bonchev–Trinajstić information content (AvgIpc) is 3.23. The molecule has 0 heterocycles. The molecule has 4 unspecified atom stereocenters. The molecule has 0 aromatic rings. The molecule has 0 aromatic carbocycles. The summed E-state index contributed by atoms with van der Waals surface area (Å²) >= 11 is 0. The Kier molecular flexibility index (Phi) is 33.8. The van der Waals surface area contributed by atoms with Gasteiger partial charge in [-0.25, -0.2) is 4.57 Å². The fraction of sp³-hybridized carbons (Fsp3) is 0.783. The third-order valence-electron chi connectivity index (χ3n) is 10.4. The van der Waals surface area contributed by atoms with Crippen molar-refractivity contribution in [3.05, 3.63) is 48.6 Å². The molecule has 14 heteroatoms. The molecule has 0 aromatic heterocycles. The molecule has 0 radical (unpaired) electrons. The maximum absolute atomic E-state index is 12.8. The number of phosphoric ester groups is 1. The van der Waals surface area contributed by atoms with Gasteiger partial charge in [-0.1, -0.05) is 165 Å². The Morgan fingerprint density at radius 2 is 0.933 bits per heavy atom. The first-order chi connectivity index (χ1) is 28.9. The molecule has 13 nitrogen and oxygen atoms in total. The summed E-state index contributed by atoms with van der Waals surface area (Å²) < 4.78 is 33.4. The molecule has 1 rings (SSSR count). The van der Waals surface area contributed by atoms with E-state index in [9.17, 15) is 44.6 Å². The molecule has 1 saturated carbocycles. The van der Waals surface area contributed by atoms with Crippen LogP contribution in [0.15, 0.2) is 48.6 Å². The van der Waals surface area contributed by atoms with Gasteiger partial charge >= 0.3 is 19.8 Å². The van der Waals surface area contributed by atoms with Crippen molar-refractivity contribution in [2.24, 2.45) is 0 Å². The van der Waals surface area contributed by atoms with Crippen molar-refractivity contribution in [3.8, 4) is 0 Å². The Morgan fingerprint density at radius 1 is 0.517 bits per heavy atom. The lowest BCUT2D eigenvalue weighted by molar-refractivity contribution is -0.220. The van der Waals surface area contributed by atoms with Crippen LogP contribution in [0, 0.1) is 0 Å².